The third-order valence-corrected chi connectivity index (χ3v) is 2.88. The number of anilines is 2. The number of hydrogen-bond acceptors (Lipinski definition) is 2. The molecule has 98 valence electrons. The first-order valence-electron chi connectivity index (χ1n) is 5.28. The van der Waals surface area contributed by atoms with Crippen LogP contribution in [0, 0.1) is 5.82 Å². The first kappa shape index (κ1) is 13.6. The van der Waals surface area contributed by atoms with Crippen LogP contribution < -0.4 is 11.1 Å². The first-order chi connectivity index (χ1) is 8.95. The van der Waals surface area contributed by atoms with Gasteiger partial charge in [0.25, 0.3) is 5.91 Å². The molecule has 1 amide bonds. The summed E-state index contributed by atoms with van der Waals surface area (Å²) in [6.07, 6.45) is 0. The van der Waals surface area contributed by atoms with Gasteiger partial charge in [-0.25, -0.2) is 4.39 Å². The standard InChI is InChI=1S/C13H9Cl2FN2O/c14-8-3-7(4-9(17)5-8)13(19)18-10-1-2-11(15)12(16)6-10/h1-6H,17H2,(H,18,19). The summed E-state index contributed by atoms with van der Waals surface area (Å²) in [5.41, 5.74) is 6.56. The maximum atomic E-state index is 13.2. The Kier molecular flexibility index (Phi) is 3.93. The number of carbonyl (C=O) groups is 1. The van der Waals surface area contributed by atoms with E-state index in [-0.39, 0.29) is 5.02 Å². The summed E-state index contributed by atoms with van der Waals surface area (Å²) >= 11 is 11.4. The Labute approximate surface area is 119 Å². The zero-order chi connectivity index (χ0) is 14.0. The van der Waals surface area contributed by atoms with Gasteiger partial charge >= 0.3 is 0 Å². The van der Waals surface area contributed by atoms with Gasteiger partial charge in [-0.05, 0) is 36.4 Å². The lowest BCUT2D eigenvalue weighted by atomic mass is 10.2. The monoisotopic (exact) mass is 298 g/mol. The summed E-state index contributed by atoms with van der Waals surface area (Å²) in [6.45, 7) is 0. The van der Waals surface area contributed by atoms with Crippen LogP contribution in [-0.2, 0) is 0 Å². The van der Waals surface area contributed by atoms with Crippen LogP contribution in [0.25, 0.3) is 0 Å². The molecule has 0 aliphatic carbocycles. The van der Waals surface area contributed by atoms with E-state index in [0.717, 1.165) is 6.07 Å². The van der Waals surface area contributed by atoms with E-state index >= 15 is 0 Å². The van der Waals surface area contributed by atoms with Crippen molar-refractivity contribution < 1.29 is 9.18 Å². The van der Waals surface area contributed by atoms with Crippen LogP contribution in [0.5, 0.6) is 0 Å². The molecular formula is C13H9Cl2FN2O. The number of nitrogen functional groups attached to an aromatic ring is 1. The van der Waals surface area contributed by atoms with Gasteiger partial charge in [0.15, 0.2) is 0 Å². The molecule has 0 aliphatic rings. The molecule has 2 aromatic rings. The summed E-state index contributed by atoms with van der Waals surface area (Å²) in [4.78, 5) is 11.9. The van der Waals surface area contributed by atoms with Crippen molar-refractivity contribution in [3.8, 4) is 0 Å². The number of nitrogens with one attached hydrogen (secondary N) is 1. The van der Waals surface area contributed by atoms with E-state index in [4.69, 9.17) is 28.9 Å². The molecule has 19 heavy (non-hydrogen) atoms. The number of carbonyl (C=O) groups excluding carboxylic acids is 1. The summed E-state index contributed by atoms with van der Waals surface area (Å²) in [6, 6.07) is 8.47. The number of amides is 1. The quantitative estimate of drug-likeness (QED) is 0.824. The Morgan fingerprint density at radius 3 is 2.53 bits per heavy atom. The second-order valence-corrected chi connectivity index (χ2v) is 4.70. The fraction of sp³-hybridized carbons (Fsp3) is 0. The average Bonchev–Trinajstić information content (AvgIpc) is 2.32. The molecule has 0 radical (unpaired) electrons. The van der Waals surface area contributed by atoms with Crippen LogP contribution in [0.1, 0.15) is 10.4 Å². The predicted molar refractivity (Wildman–Crippen MR) is 75.2 cm³/mol. The highest BCUT2D eigenvalue weighted by atomic mass is 35.5. The molecule has 0 atom stereocenters. The van der Waals surface area contributed by atoms with Crippen LogP contribution in [0.3, 0.4) is 0 Å². The zero-order valence-corrected chi connectivity index (χ0v) is 11.1. The fourth-order valence-corrected chi connectivity index (χ4v) is 1.88. The van der Waals surface area contributed by atoms with E-state index in [0.29, 0.717) is 22.0 Å². The van der Waals surface area contributed by atoms with Crippen molar-refractivity contribution in [3.63, 3.8) is 0 Å². The van der Waals surface area contributed by atoms with E-state index < -0.39 is 11.7 Å². The maximum Gasteiger partial charge on any atom is 0.255 e. The number of halogens is 3. The molecule has 0 fully saturated rings. The van der Waals surface area contributed by atoms with E-state index in [9.17, 15) is 9.18 Å². The minimum absolute atomic E-state index is 0.00926. The van der Waals surface area contributed by atoms with Crippen molar-refractivity contribution in [1.29, 1.82) is 0 Å². The molecule has 0 bridgehead atoms. The van der Waals surface area contributed by atoms with Crippen molar-refractivity contribution in [2.24, 2.45) is 0 Å². The van der Waals surface area contributed by atoms with Crippen LogP contribution in [0.2, 0.25) is 10.0 Å². The molecule has 6 heteroatoms. The molecular weight excluding hydrogens is 290 g/mol. The normalized spacial score (nSPS) is 10.3. The van der Waals surface area contributed by atoms with E-state index in [1.807, 2.05) is 0 Å². The van der Waals surface area contributed by atoms with E-state index in [2.05, 4.69) is 5.32 Å². The van der Waals surface area contributed by atoms with Crippen molar-refractivity contribution >= 4 is 40.5 Å². The Balaban J connectivity index is 2.22. The SMILES string of the molecule is Nc1cc(Cl)cc(C(=O)Nc2ccc(Cl)c(F)c2)c1. The maximum absolute atomic E-state index is 13.2. The smallest absolute Gasteiger partial charge is 0.255 e. The van der Waals surface area contributed by atoms with Gasteiger partial charge in [0.2, 0.25) is 0 Å². The summed E-state index contributed by atoms with van der Waals surface area (Å²) < 4.78 is 13.2. The molecule has 3 nitrogen and oxygen atoms in total. The van der Waals surface area contributed by atoms with Crippen LogP contribution in [-0.4, -0.2) is 5.91 Å². The molecule has 0 heterocycles. The molecule has 0 saturated heterocycles. The van der Waals surface area contributed by atoms with Gasteiger partial charge in [-0.2, -0.15) is 0 Å². The van der Waals surface area contributed by atoms with Crippen LogP contribution in [0.15, 0.2) is 36.4 Å². The lowest BCUT2D eigenvalue weighted by Gasteiger charge is -2.07. The molecule has 2 aromatic carbocycles. The Morgan fingerprint density at radius 1 is 1.16 bits per heavy atom. The predicted octanol–water partition coefficient (Wildman–Crippen LogP) is 3.97. The third-order valence-electron chi connectivity index (χ3n) is 2.36. The van der Waals surface area contributed by atoms with Crippen molar-refractivity contribution in [2.45, 2.75) is 0 Å². The number of hydrogen-bond donors (Lipinski definition) is 2. The van der Waals surface area contributed by atoms with Crippen molar-refractivity contribution in [2.75, 3.05) is 11.1 Å². The van der Waals surface area contributed by atoms with E-state index in [1.165, 1.54) is 30.3 Å². The average molecular weight is 299 g/mol. The minimum Gasteiger partial charge on any atom is -0.399 e. The van der Waals surface area contributed by atoms with Gasteiger partial charge in [0.05, 0.1) is 5.02 Å². The van der Waals surface area contributed by atoms with Crippen LogP contribution in [0.4, 0.5) is 15.8 Å². The Morgan fingerprint density at radius 2 is 1.89 bits per heavy atom. The largest absolute Gasteiger partial charge is 0.399 e. The summed E-state index contributed by atoms with van der Waals surface area (Å²) in [7, 11) is 0. The first-order valence-corrected chi connectivity index (χ1v) is 6.04. The highest BCUT2D eigenvalue weighted by Gasteiger charge is 2.09. The molecule has 0 aromatic heterocycles. The third kappa shape index (κ3) is 3.36. The molecule has 3 N–H and O–H groups in total. The van der Waals surface area contributed by atoms with E-state index in [1.54, 1.807) is 0 Å². The van der Waals surface area contributed by atoms with Gasteiger partial charge in [-0.1, -0.05) is 23.2 Å². The topological polar surface area (TPSA) is 55.1 Å². The highest BCUT2D eigenvalue weighted by Crippen LogP contribution is 2.21. The number of benzene rings is 2. The second kappa shape index (κ2) is 5.47. The van der Waals surface area contributed by atoms with Gasteiger partial charge < -0.3 is 11.1 Å². The van der Waals surface area contributed by atoms with Gasteiger partial charge in [0, 0.05) is 22.0 Å². The molecule has 0 saturated carbocycles. The minimum atomic E-state index is -0.606. The summed E-state index contributed by atoms with van der Waals surface area (Å²) in [5, 5.41) is 2.87. The second-order valence-electron chi connectivity index (χ2n) is 3.86. The van der Waals surface area contributed by atoms with Gasteiger partial charge in [0.1, 0.15) is 5.82 Å². The van der Waals surface area contributed by atoms with Gasteiger partial charge in [-0.15, -0.1) is 0 Å². The highest BCUT2D eigenvalue weighted by molar-refractivity contribution is 6.31. The molecule has 0 spiro atoms. The van der Waals surface area contributed by atoms with Crippen molar-refractivity contribution in [3.05, 3.63) is 57.8 Å². The van der Waals surface area contributed by atoms with Crippen LogP contribution >= 0.6 is 23.2 Å². The van der Waals surface area contributed by atoms with Crippen molar-refractivity contribution in [1.82, 2.24) is 0 Å². The number of nitrogens with two attached hydrogens (primary N) is 1. The number of rotatable bonds is 2. The Hall–Kier alpha value is -1.78. The lowest BCUT2D eigenvalue weighted by molar-refractivity contribution is 0.102. The van der Waals surface area contributed by atoms with Gasteiger partial charge in [-0.3, -0.25) is 4.79 Å². The Bertz CT molecular complexity index is 626. The molecule has 2 rings (SSSR count). The molecule has 0 unspecified atom stereocenters. The molecule has 0 aliphatic heterocycles. The fourth-order valence-electron chi connectivity index (χ4n) is 1.52. The zero-order valence-electron chi connectivity index (χ0n) is 9.58. The summed E-state index contributed by atoms with van der Waals surface area (Å²) in [5.74, 6) is -1.04. The lowest BCUT2D eigenvalue weighted by Crippen LogP contribution is -2.12.